The molecule has 0 aliphatic carbocycles. The third-order valence-corrected chi connectivity index (χ3v) is 6.31. The molecule has 2 aromatic rings. The first-order valence-electron chi connectivity index (χ1n) is 11.5. The molecule has 9 nitrogen and oxygen atoms in total. The number of ether oxygens (including phenoxy) is 2. The van der Waals surface area contributed by atoms with E-state index in [2.05, 4.69) is 44.8 Å². The van der Waals surface area contributed by atoms with Crippen molar-refractivity contribution in [3.8, 4) is 5.75 Å². The van der Waals surface area contributed by atoms with Crippen molar-refractivity contribution in [3.63, 3.8) is 0 Å². The smallest absolute Gasteiger partial charge is 0.191 e. The summed E-state index contributed by atoms with van der Waals surface area (Å²) in [6.07, 6.45) is 1.05. The molecule has 1 saturated heterocycles. The van der Waals surface area contributed by atoms with E-state index in [1.54, 1.807) is 0 Å². The molecule has 2 N–H and O–H groups in total. The largest absolute Gasteiger partial charge is 0.493 e. The topological polar surface area (TPSA) is 88.8 Å². The van der Waals surface area contributed by atoms with Crippen LogP contribution in [-0.2, 0) is 18.3 Å². The summed E-state index contributed by atoms with van der Waals surface area (Å²) in [7, 11) is 1.97. The lowest BCUT2D eigenvalue weighted by molar-refractivity contribution is 0.0376. The Kier molecular flexibility index (Phi) is 9.75. The molecular weight excluding hydrogens is 533 g/mol. The van der Waals surface area contributed by atoms with Crippen molar-refractivity contribution in [1.82, 2.24) is 30.3 Å². The number of hydrogen-bond donors (Lipinski definition) is 2. The van der Waals surface area contributed by atoms with E-state index in [0.717, 1.165) is 69.2 Å². The van der Waals surface area contributed by atoms with Gasteiger partial charge in [-0.1, -0.05) is 18.2 Å². The van der Waals surface area contributed by atoms with E-state index in [0.29, 0.717) is 13.2 Å². The third-order valence-electron chi connectivity index (χ3n) is 6.31. The molecule has 2 atom stereocenters. The highest BCUT2D eigenvalue weighted by Crippen LogP contribution is 2.35. The summed E-state index contributed by atoms with van der Waals surface area (Å²) in [5.74, 6) is 3.79. The number of nitrogens with zero attached hydrogens (tertiary/aromatic N) is 5. The zero-order valence-electron chi connectivity index (χ0n) is 19.8. The molecular formula is C23H36IN7O2. The Morgan fingerprint density at radius 2 is 2.03 bits per heavy atom. The summed E-state index contributed by atoms with van der Waals surface area (Å²) >= 11 is 0. The number of halogens is 1. The highest BCUT2D eigenvalue weighted by Gasteiger charge is 2.29. The minimum absolute atomic E-state index is 0. The Morgan fingerprint density at radius 3 is 2.79 bits per heavy atom. The van der Waals surface area contributed by atoms with Crippen molar-refractivity contribution in [1.29, 1.82) is 0 Å². The minimum Gasteiger partial charge on any atom is -0.493 e. The minimum atomic E-state index is 0. The third kappa shape index (κ3) is 6.80. The summed E-state index contributed by atoms with van der Waals surface area (Å²) in [5, 5.41) is 15.5. The SMILES string of the molecule is Cc1nnc(CN=C(NCCCN2CCOCC2)NC(C)C2COc3ccccc32)n1C.I. The summed E-state index contributed by atoms with van der Waals surface area (Å²) in [6.45, 7) is 10.9. The van der Waals surface area contributed by atoms with Crippen LogP contribution in [0.25, 0.3) is 0 Å². The van der Waals surface area contributed by atoms with Gasteiger partial charge in [0, 0.05) is 44.2 Å². The number of morpholine rings is 1. The zero-order chi connectivity index (χ0) is 22.3. The number of rotatable bonds is 8. The monoisotopic (exact) mass is 569 g/mol. The second kappa shape index (κ2) is 12.5. The summed E-state index contributed by atoms with van der Waals surface area (Å²) < 4.78 is 13.3. The van der Waals surface area contributed by atoms with Crippen LogP contribution in [0, 0.1) is 6.92 Å². The Balaban J connectivity index is 0.00000306. The number of guanidine groups is 1. The lowest BCUT2D eigenvalue weighted by Crippen LogP contribution is -2.46. The standard InChI is InChI=1S/C23H35N7O2.HI/c1-17(20-16-32-21-8-5-4-7-19(20)21)26-23(25-15-22-28-27-18(2)29(22)3)24-9-6-10-30-11-13-31-14-12-30;/h4-5,7-8,17,20H,6,9-16H2,1-3H3,(H2,24,25,26);1H. The van der Waals surface area contributed by atoms with Gasteiger partial charge in [0.1, 0.15) is 18.1 Å². The maximum absolute atomic E-state index is 5.89. The van der Waals surface area contributed by atoms with Crippen molar-refractivity contribution in [2.45, 2.75) is 38.8 Å². The highest BCUT2D eigenvalue weighted by atomic mass is 127. The number of aromatic nitrogens is 3. The van der Waals surface area contributed by atoms with Crippen molar-refractivity contribution >= 4 is 29.9 Å². The van der Waals surface area contributed by atoms with Gasteiger partial charge < -0.3 is 24.7 Å². The van der Waals surface area contributed by atoms with E-state index in [1.807, 2.05) is 30.7 Å². The molecule has 0 bridgehead atoms. The van der Waals surface area contributed by atoms with Gasteiger partial charge in [-0.25, -0.2) is 4.99 Å². The van der Waals surface area contributed by atoms with Gasteiger partial charge >= 0.3 is 0 Å². The maximum Gasteiger partial charge on any atom is 0.191 e. The van der Waals surface area contributed by atoms with Crippen LogP contribution >= 0.6 is 24.0 Å². The van der Waals surface area contributed by atoms with Crippen molar-refractivity contribution in [3.05, 3.63) is 41.5 Å². The molecule has 1 aromatic carbocycles. The van der Waals surface area contributed by atoms with Gasteiger partial charge in [0.05, 0.1) is 19.8 Å². The second-order valence-corrected chi connectivity index (χ2v) is 8.51. The molecule has 3 heterocycles. The van der Waals surface area contributed by atoms with Gasteiger partial charge in [-0.2, -0.15) is 0 Å². The fourth-order valence-corrected chi connectivity index (χ4v) is 4.14. The Labute approximate surface area is 213 Å². The Hall–Kier alpha value is -1.92. The number of benzene rings is 1. The Bertz CT molecular complexity index is 914. The van der Waals surface area contributed by atoms with E-state index < -0.39 is 0 Å². The number of aryl methyl sites for hydroxylation is 1. The molecule has 0 radical (unpaired) electrons. The second-order valence-electron chi connectivity index (χ2n) is 8.51. The summed E-state index contributed by atoms with van der Waals surface area (Å²) in [5.41, 5.74) is 1.25. The fraction of sp³-hybridized carbons (Fsp3) is 0.609. The van der Waals surface area contributed by atoms with Gasteiger partial charge in [0.25, 0.3) is 0 Å². The molecule has 4 rings (SSSR count). The van der Waals surface area contributed by atoms with E-state index in [4.69, 9.17) is 14.5 Å². The lowest BCUT2D eigenvalue weighted by Gasteiger charge is -2.27. The first-order chi connectivity index (χ1) is 15.6. The van der Waals surface area contributed by atoms with Crippen LogP contribution in [0.4, 0.5) is 0 Å². The molecule has 0 spiro atoms. The number of hydrogen-bond acceptors (Lipinski definition) is 6. The van der Waals surface area contributed by atoms with Gasteiger partial charge in [0.15, 0.2) is 11.8 Å². The first kappa shape index (κ1) is 25.7. The molecule has 2 aliphatic heterocycles. The molecule has 1 aromatic heterocycles. The van der Waals surface area contributed by atoms with E-state index >= 15 is 0 Å². The van der Waals surface area contributed by atoms with Crippen LogP contribution in [0.15, 0.2) is 29.3 Å². The number of para-hydroxylation sites is 1. The number of fused-ring (bicyclic) bond motifs is 1. The van der Waals surface area contributed by atoms with Gasteiger partial charge in [-0.05, 0) is 32.9 Å². The van der Waals surface area contributed by atoms with Gasteiger partial charge in [-0.3, -0.25) is 4.90 Å². The molecule has 10 heteroatoms. The summed E-state index contributed by atoms with van der Waals surface area (Å²) in [4.78, 5) is 7.27. The van der Waals surface area contributed by atoms with Gasteiger partial charge in [-0.15, -0.1) is 34.2 Å². The quantitative estimate of drug-likeness (QED) is 0.218. The van der Waals surface area contributed by atoms with Crippen LogP contribution in [0.2, 0.25) is 0 Å². The molecule has 182 valence electrons. The first-order valence-corrected chi connectivity index (χ1v) is 11.5. The van der Waals surface area contributed by atoms with E-state index in [-0.39, 0.29) is 35.9 Å². The maximum atomic E-state index is 5.89. The number of aliphatic imine (C=N–C) groups is 1. The fourth-order valence-electron chi connectivity index (χ4n) is 4.14. The van der Waals surface area contributed by atoms with Gasteiger partial charge in [0.2, 0.25) is 0 Å². The molecule has 2 unspecified atom stereocenters. The van der Waals surface area contributed by atoms with Crippen LogP contribution < -0.4 is 15.4 Å². The predicted molar refractivity (Wildman–Crippen MR) is 139 cm³/mol. The molecule has 1 fully saturated rings. The van der Waals surface area contributed by atoms with Crippen LogP contribution in [-0.4, -0.2) is 77.7 Å². The lowest BCUT2D eigenvalue weighted by atomic mass is 9.94. The highest BCUT2D eigenvalue weighted by molar-refractivity contribution is 14.0. The average molecular weight is 569 g/mol. The molecule has 0 saturated carbocycles. The zero-order valence-corrected chi connectivity index (χ0v) is 22.1. The molecule has 0 amide bonds. The predicted octanol–water partition coefficient (Wildman–Crippen LogP) is 2.06. The van der Waals surface area contributed by atoms with Crippen molar-refractivity contribution in [2.24, 2.45) is 12.0 Å². The summed E-state index contributed by atoms with van der Waals surface area (Å²) in [6, 6.07) is 8.45. The van der Waals surface area contributed by atoms with Crippen LogP contribution in [0.5, 0.6) is 5.75 Å². The van der Waals surface area contributed by atoms with Crippen LogP contribution in [0.3, 0.4) is 0 Å². The van der Waals surface area contributed by atoms with Crippen LogP contribution in [0.1, 0.15) is 36.5 Å². The van der Waals surface area contributed by atoms with E-state index in [1.165, 1.54) is 5.56 Å². The van der Waals surface area contributed by atoms with Crippen molar-refractivity contribution in [2.75, 3.05) is 46.0 Å². The Morgan fingerprint density at radius 1 is 1.24 bits per heavy atom. The van der Waals surface area contributed by atoms with Crippen molar-refractivity contribution < 1.29 is 9.47 Å². The molecule has 2 aliphatic rings. The molecule has 33 heavy (non-hydrogen) atoms. The number of nitrogens with one attached hydrogen (secondary N) is 2. The normalized spacial score (nSPS) is 19.4. The average Bonchev–Trinajstić information content (AvgIpc) is 3.39. The van der Waals surface area contributed by atoms with E-state index in [9.17, 15) is 0 Å².